The SMILES string of the molecule is CC1(C)OC(C)(C)c2nc(NCCN)ncc21. The predicted molar refractivity (Wildman–Crippen MR) is 66.7 cm³/mol. The molecule has 0 fully saturated rings. The van der Waals surface area contributed by atoms with Gasteiger partial charge in [-0.05, 0) is 27.7 Å². The molecule has 0 unspecified atom stereocenters. The molecule has 0 saturated heterocycles. The second-order valence-electron chi connectivity index (χ2n) is 5.29. The number of nitrogens with zero attached hydrogens (tertiary/aromatic N) is 2. The van der Waals surface area contributed by atoms with Gasteiger partial charge in [0.05, 0.1) is 11.3 Å². The van der Waals surface area contributed by atoms with Crippen molar-refractivity contribution in [1.29, 1.82) is 0 Å². The smallest absolute Gasteiger partial charge is 0.223 e. The third-order valence-corrected chi connectivity index (χ3v) is 2.95. The Hall–Kier alpha value is -1.20. The third-order valence-electron chi connectivity index (χ3n) is 2.95. The quantitative estimate of drug-likeness (QED) is 0.828. The minimum Gasteiger partial charge on any atom is -0.359 e. The standard InChI is InChI=1S/C12H20N4O/c1-11(2)8-7-15-10(14-6-5-13)16-9(8)12(3,4)17-11/h7H,5-6,13H2,1-4H3,(H,14,15,16). The van der Waals surface area contributed by atoms with Crippen LogP contribution >= 0.6 is 0 Å². The Morgan fingerprint density at radius 1 is 1.29 bits per heavy atom. The van der Waals surface area contributed by atoms with Crippen molar-refractivity contribution in [2.45, 2.75) is 38.9 Å². The maximum absolute atomic E-state index is 6.01. The fourth-order valence-electron chi connectivity index (χ4n) is 2.29. The maximum Gasteiger partial charge on any atom is 0.223 e. The summed E-state index contributed by atoms with van der Waals surface area (Å²) >= 11 is 0. The molecule has 5 heteroatoms. The monoisotopic (exact) mass is 236 g/mol. The van der Waals surface area contributed by atoms with E-state index in [1.54, 1.807) is 0 Å². The molecule has 1 aliphatic rings. The number of nitrogens with two attached hydrogens (primary N) is 1. The lowest BCUT2D eigenvalue weighted by Gasteiger charge is -2.23. The Bertz CT molecular complexity index is 429. The van der Waals surface area contributed by atoms with E-state index in [1.807, 2.05) is 33.9 Å². The van der Waals surface area contributed by atoms with Crippen LogP contribution in [-0.2, 0) is 15.9 Å². The van der Waals surface area contributed by atoms with E-state index < -0.39 is 0 Å². The first-order valence-electron chi connectivity index (χ1n) is 5.89. The fourth-order valence-corrected chi connectivity index (χ4v) is 2.29. The van der Waals surface area contributed by atoms with Gasteiger partial charge in [-0.25, -0.2) is 9.97 Å². The summed E-state index contributed by atoms with van der Waals surface area (Å²) in [6.07, 6.45) is 1.84. The Morgan fingerprint density at radius 2 is 2.00 bits per heavy atom. The summed E-state index contributed by atoms with van der Waals surface area (Å²) in [5.41, 5.74) is 6.75. The van der Waals surface area contributed by atoms with E-state index in [4.69, 9.17) is 10.5 Å². The van der Waals surface area contributed by atoms with Crippen LogP contribution in [0, 0.1) is 0 Å². The van der Waals surface area contributed by atoms with Crippen LogP contribution < -0.4 is 11.1 Å². The van der Waals surface area contributed by atoms with Crippen molar-refractivity contribution in [1.82, 2.24) is 9.97 Å². The van der Waals surface area contributed by atoms with E-state index in [0.717, 1.165) is 11.3 Å². The van der Waals surface area contributed by atoms with Crippen molar-refractivity contribution in [3.8, 4) is 0 Å². The number of anilines is 1. The van der Waals surface area contributed by atoms with Crippen molar-refractivity contribution >= 4 is 5.95 Å². The zero-order chi connectivity index (χ0) is 12.7. The molecule has 0 amide bonds. The lowest BCUT2D eigenvalue weighted by atomic mass is 9.97. The Labute approximate surface area is 102 Å². The number of hydrogen-bond donors (Lipinski definition) is 2. The Balaban J connectivity index is 2.38. The van der Waals surface area contributed by atoms with Crippen molar-refractivity contribution in [3.63, 3.8) is 0 Å². The van der Waals surface area contributed by atoms with Crippen LogP contribution in [0.2, 0.25) is 0 Å². The van der Waals surface area contributed by atoms with E-state index in [2.05, 4.69) is 15.3 Å². The summed E-state index contributed by atoms with van der Waals surface area (Å²) < 4.78 is 6.01. The van der Waals surface area contributed by atoms with Gasteiger partial charge < -0.3 is 15.8 Å². The van der Waals surface area contributed by atoms with Gasteiger partial charge in [-0.2, -0.15) is 0 Å². The predicted octanol–water partition coefficient (Wildman–Crippen LogP) is 1.35. The summed E-state index contributed by atoms with van der Waals surface area (Å²) in [5.74, 6) is 0.614. The molecule has 1 aromatic rings. The largest absolute Gasteiger partial charge is 0.359 e. The first-order chi connectivity index (χ1) is 7.87. The molecule has 0 bridgehead atoms. The lowest BCUT2D eigenvalue weighted by molar-refractivity contribution is -0.106. The number of hydrogen-bond acceptors (Lipinski definition) is 5. The number of fused-ring (bicyclic) bond motifs is 1. The number of ether oxygens (including phenoxy) is 1. The van der Waals surface area contributed by atoms with Crippen molar-refractivity contribution < 1.29 is 4.74 Å². The minimum atomic E-state index is -0.374. The van der Waals surface area contributed by atoms with Gasteiger partial charge in [0.2, 0.25) is 5.95 Å². The maximum atomic E-state index is 6.01. The average molecular weight is 236 g/mol. The van der Waals surface area contributed by atoms with E-state index in [-0.39, 0.29) is 11.2 Å². The first-order valence-corrected chi connectivity index (χ1v) is 5.89. The summed E-state index contributed by atoms with van der Waals surface area (Å²) in [6, 6.07) is 0. The van der Waals surface area contributed by atoms with Crippen LogP contribution in [-0.4, -0.2) is 23.1 Å². The van der Waals surface area contributed by atoms with Crippen molar-refractivity contribution in [2.24, 2.45) is 5.73 Å². The molecule has 1 aromatic heterocycles. The lowest BCUT2D eigenvalue weighted by Crippen LogP contribution is -2.22. The number of rotatable bonds is 3. The highest BCUT2D eigenvalue weighted by Crippen LogP contribution is 2.45. The zero-order valence-corrected chi connectivity index (χ0v) is 10.9. The highest BCUT2D eigenvalue weighted by molar-refractivity contribution is 5.38. The van der Waals surface area contributed by atoms with Gasteiger partial charge >= 0.3 is 0 Å². The molecule has 2 rings (SSSR count). The van der Waals surface area contributed by atoms with Gasteiger partial charge in [0.1, 0.15) is 5.60 Å². The van der Waals surface area contributed by atoms with Gasteiger partial charge in [-0.1, -0.05) is 0 Å². The van der Waals surface area contributed by atoms with Gasteiger partial charge in [0.15, 0.2) is 0 Å². The molecule has 0 aromatic carbocycles. The van der Waals surface area contributed by atoms with Crippen molar-refractivity contribution in [2.75, 3.05) is 18.4 Å². The molecule has 0 spiro atoms. The van der Waals surface area contributed by atoms with Crippen LogP contribution in [0.3, 0.4) is 0 Å². The highest BCUT2D eigenvalue weighted by atomic mass is 16.5. The molecule has 3 N–H and O–H groups in total. The summed E-state index contributed by atoms with van der Waals surface area (Å²) in [5, 5.41) is 3.09. The zero-order valence-electron chi connectivity index (χ0n) is 10.9. The first kappa shape index (κ1) is 12.3. The molecule has 0 aliphatic carbocycles. The number of nitrogens with one attached hydrogen (secondary N) is 1. The topological polar surface area (TPSA) is 73.1 Å². The van der Waals surface area contributed by atoms with E-state index in [1.165, 1.54) is 0 Å². The van der Waals surface area contributed by atoms with Gasteiger partial charge in [0.25, 0.3) is 0 Å². The third kappa shape index (κ3) is 2.12. The highest BCUT2D eigenvalue weighted by Gasteiger charge is 2.44. The second kappa shape index (κ2) is 3.92. The summed E-state index contributed by atoms with van der Waals surface area (Å²) in [6.45, 7) is 9.36. The summed E-state index contributed by atoms with van der Waals surface area (Å²) in [7, 11) is 0. The molecule has 1 aliphatic heterocycles. The fraction of sp³-hybridized carbons (Fsp3) is 0.667. The van der Waals surface area contributed by atoms with E-state index >= 15 is 0 Å². The van der Waals surface area contributed by atoms with E-state index in [0.29, 0.717) is 19.0 Å². The average Bonchev–Trinajstić information content (AvgIpc) is 2.42. The molecule has 0 saturated carbocycles. The molecular weight excluding hydrogens is 216 g/mol. The van der Waals surface area contributed by atoms with Crippen LogP contribution in [0.15, 0.2) is 6.20 Å². The Kier molecular flexibility index (Phi) is 2.83. The molecule has 94 valence electrons. The minimum absolute atomic E-state index is 0.328. The van der Waals surface area contributed by atoms with Crippen LogP contribution in [0.1, 0.15) is 39.0 Å². The summed E-state index contributed by atoms with van der Waals surface area (Å²) in [4.78, 5) is 8.83. The van der Waals surface area contributed by atoms with Crippen LogP contribution in [0.25, 0.3) is 0 Å². The molecule has 17 heavy (non-hydrogen) atoms. The van der Waals surface area contributed by atoms with Gasteiger partial charge in [0, 0.05) is 24.8 Å². The molecule has 0 atom stereocenters. The molecule has 5 nitrogen and oxygen atoms in total. The molecule has 2 heterocycles. The molecule has 0 radical (unpaired) electrons. The second-order valence-corrected chi connectivity index (χ2v) is 5.29. The van der Waals surface area contributed by atoms with Crippen LogP contribution in [0.5, 0.6) is 0 Å². The van der Waals surface area contributed by atoms with Gasteiger partial charge in [-0.3, -0.25) is 0 Å². The Morgan fingerprint density at radius 3 is 2.65 bits per heavy atom. The number of aromatic nitrogens is 2. The van der Waals surface area contributed by atoms with Crippen molar-refractivity contribution in [3.05, 3.63) is 17.5 Å². The van der Waals surface area contributed by atoms with Crippen LogP contribution in [0.4, 0.5) is 5.95 Å². The van der Waals surface area contributed by atoms with Gasteiger partial charge in [-0.15, -0.1) is 0 Å². The molecular formula is C12H20N4O. The normalized spacial score (nSPS) is 20.1. The van der Waals surface area contributed by atoms with E-state index in [9.17, 15) is 0 Å².